The Kier molecular flexibility index (Phi) is 3.57. The molecule has 0 aliphatic rings. The van der Waals surface area contributed by atoms with Gasteiger partial charge in [0, 0.05) is 5.02 Å². The third kappa shape index (κ3) is 3.24. The molecule has 0 fully saturated rings. The molecule has 1 aromatic rings. The standard InChI is InChI=1S/C8H8BrClN2O/c9-6-3-5(10)1-2-7(6)13-4-8(11)12/h1-3H,4H2,(H3,11,12). The third-order valence-corrected chi connectivity index (χ3v) is 2.13. The molecule has 0 saturated carbocycles. The molecule has 3 N–H and O–H groups in total. The first-order chi connectivity index (χ1) is 6.09. The molecule has 1 rings (SSSR count). The van der Waals surface area contributed by atoms with Gasteiger partial charge in [-0.25, -0.2) is 0 Å². The van der Waals surface area contributed by atoms with Gasteiger partial charge in [0.1, 0.15) is 18.2 Å². The minimum absolute atomic E-state index is 0.0122. The number of hydrogen-bond donors (Lipinski definition) is 2. The van der Waals surface area contributed by atoms with E-state index >= 15 is 0 Å². The molecule has 0 saturated heterocycles. The summed E-state index contributed by atoms with van der Waals surface area (Å²) in [6.07, 6.45) is 0. The highest BCUT2D eigenvalue weighted by Crippen LogP contribution is 2.27. The molecule has 0 amide bonds. The van der Waals surface area contributed by atoms with Crippen LogP contribution in [0.15, 0.2) is 22.7 Å². The average Bonchev–Trinajstić information content (AvgIpc) is 2.02. The van der Waals surface area contributed by atoms with Gasteiger partial charge in [-0.2, -0.15) is 0 Å². The van der Waals surface area contributed by atoms with Gasteiger partial charge >= 0.3 is 0 Å². The summed E-state index contributed by atoms with van der Waals surface area (Å²) in [6, 6.07) is 5.15. The van der Waals surface area contributed by atoms with Crippen LogP contribution in [-0.2, 0) is 0 Å². The Morgan fingerprint density at radius 2 is 2.31 bits per heavy atom. The van der Waals surface area contributed by atoms with Crippen LogP contribution < -0.4 is 10.5 Å². The lowest BCUT2D eigenvalue weighted by atomic mass is 10.3. The first kappa shape index (κ1) is 10.3. The van der Waals surface area contributed by atoms with Crippen molar-refractivity contribution in [2.24, 2.45) is 5.73 Å². The van der Waals surface area contributed by atoms with E-state index in [1.165, 1.54) is 0 Å². The van der Waals surface area contributed by atoms with E-state index in [0.29, 0.717) is 10.8 Å². The summed E-state index contributed by atoms with van der Waals surface area (Å²) in [7, 11) is 0. The number of nitrogens with one attached hydrogen (secondary N) is 1. The largest absolute Gasteiger partial charge is 0.485 e. The molecule has 5 heteroatoms. The lowest BCUT2D eigenvalue weighted by molar-refractivity contribution is 0.372. The molecule has 13 heavy (non-hydrogen) atoms. The second kappa shape index (κ2) is 4.48. The highest BCUT2D eigenvalue weighted by molar-refractivity contribution is 9.10. The molecule has 0 aromatic heterocycles. The molecule has 70 valence electrons. The summed E-state index contributed by atoms with van der Waals surface area (Å²) >= 11 is 9.00. The predicted molar refractivity (Wildman–Crippen MR) is 56.6 cm³/mol. The summed E-state index contributed by atoms with van der Waals surface area (Å²) in [6.45, 7) is 0.0836. The van der Waals surface area contributed by atoms with Gasteiger partial charge in [0.05, 0.1) is 4.47 Å². The number of benzene rings is 1. The fraction of sp³-hybridized carbons (Fsp3) is 0.125. The molecule has 0 aliphatic carbocycles. The number of amidine groups is 1. The topological polar surface area (TPSA) is 59.1 Å². The second-order valence-electron chi connectivity index (χ2n) is 2.39. The van der Waals surface area contributed by atoms with Crippen molar-refractivity contribution < 1.29 is 4.74 Å². The quantitative estimate of drug-likeness (QED) is 0.650. The van der Waals surface area contributed by atoms with E-state index in [1.54, 1.807) is 18.2 Å². The maximum Gasteiger partial charge on any atom is 0.145 e. The van der Waals surface area contributed by atoms with E-state index in [4.69, 9.17) is 27.5 Å². The molecule has 0 heterocycles. The highest BCUT2D eigenvalue weighted by Gasteiger charge is 2.01. The number of halogens is 2. The monoisotopic (exact) mass is 262 g/mol. The van der Waals surface area contributed by atoms with Gasteiger partial charge in [-0.15, -0.1) is 0 Å². The van der Waals surface area contributed by atoms with Crippen molar-refractivity contribution in [3.63, 3.8) is 0 Å². The summed E-state index contributed by atoms with van der Waals surface area (Å²) in [5, 5.41) is 7.59. The molecule has 0 atom stereocenters. The first-order valence-electron chi connectivity index (χ1n) is 3.50. The minimum Gasteiger partial charge on any atom is -0.485 e. The van der Waals surface area contributed by atoms with E-state index in [0.717, 1.165) is 4.47 Å². The molecule has 3 nitrogen and oxygen atoms in total. The molecule has 0 bridgehead atoms. The maximum atomic E-state index is 6.97. The van der Waals surface area contributed by atoms with E-state index < -0.39 is 0 Å². The van der Waals surface area contributed by atoms with Crippen LogP contribution in [0.2, 0.25) is 5.02 Å². The van der Waals surface area contributed by atoms with Crippen molar-refractivity contribution in [3.8, 4) is 5.75 Å². The van der Waals surface area contributed by atoms with Gasteiger partial charge in [-0.3, -0.25) is 5.41 Å². The van der Waals surface area contributed by atoms with Gasteiger partial charge in [-0.1, -0.05) is 11.6 Å². The number of hydrogen-bond acceptors (Lipinski definition) is 2. The Bertz CT molecular complexity index is 330. The molecule has 0 radical (unpaired) electrons. The predicted octanol–water partition coefficient (Wildman–Crippen LogP) is 2.42. The first-order valence-corrected chi connectivity index (χ1v) is 4.67. The van der Waals surface area contributed by atoms with Crippen molar-refractivity contribution in [1.29, 1.82) is 5.41 Å². The Balaban J connectivity index is 2.72. The van der Waals surface area contributed by atoms with Crippen molar-refractivity contribution in [3.05, 3.63) is 27.7 Å². The zero-order valence-electron chi connectivity index (χ0n) is 6.68. The van der Waals surface area contributed by atoms with Crippen molar-refractivity contribution in [2.75, 3.05) is 6.61 Å². The number of rotatable bonds is 3. The number of ether oxygens (including phenoxy) is 1. The van der Waals surface area contributed by atoms with E-state index in [1.807, 2.05) is 0 Å². The van der Waals surface area contributed by atoms with Crippen LogP contribution in [0.3, 0.4) is 0 Å². The van der Waals surface area contributed by atoms with E-state index in [9.17, 15) is 0 Å². The maximum absolute atomic E-state index is 6.97. The number of nitrogens with two attached hydrogens (primary N) is 1. The normalized spacial score (nSPS) is 9.69. The molecular weight excluding hydrogens is 255 g/mol. The molecule has 0 aliphatic heterocycles. The Morgan fingerprint density at radius 1 is 1.62 bits per heavy atom. The fourth-order valence-electron chi connectivity index (χ4n) is 0.748. The second-order valence-corrected chi connectivity index (χ2v) is 3.68. The Labute approximate surface area is 89.5 Å². The zero-order chi connectivity index (χ0) is 9.84. The van der Waals surface area contributed by atoms with E-state index in [2.05, 4.69) is 15.9 Å². The molecular formula is C8H8BrClN2O. The SMILES string of the molecule is N=C(N)COc1ccc(Cl)cc1Br. The average molecular weight is 264 g/mol. The van der Waals surface area contributed by atoms with Crippen molar-refractivity contribution in [1.82, 2.24) is 0 Å². The van der Waals surface area contributed by atoms with Crippen LogP contribution in [-0.4, -0.2) is 12.4 Å². The third-order valence-electron chi connectivity index (χ3n) is 1.28. The van der Waals surface area contributed by atoms with Crippen LogP contribution in [0.25, 0.3) is 0 Å². The minimum atomic E-state index is -0.0122. The van der Waals surface area contributed by atoms with Crippen LogP contribution >= 0.6 is 27.5 Å². The van der Waals surface area contributed by atoms with Crippen LogP contribution in [0.5, 0.6) is 5.75 Å². The van der Waals surface area contributed by atoms with Crippen LogP contribution in [0, 0.1) is 5.41 Å². The summed E-state index contributed by atoms with van der Waals surface area (Å²) in [5.41, 5.74) is 5.14. The van der Waals surface area contributed by atoms with Gasteiger partial charge in [-0.05, 0) is 34.1 Å². The van der Waals surface area contributed by atoms with E-state index in [-0.39, 0.29) is 12.4 Å². The van der Waals surface area contributed by atoms with Crippen LogP contribution in [0.4, 0.5) is 0 Å². The van der Waals surface area contributed by atoms with Crippen molar-refractivity contribution in [2.45, 2.75) is 0 Å². The Morgan fingerprint density at radius 3 is 2.85 bits per heavy atom. The molecule has 1 aromatic carbocycles. The van der Waals surface area contributed by atoms with Crippen molar-refractivity contribution >= 4 is 33.4 Å². The van der Waals surface area contributed by atoms with Crippen LogP contribution in [0.1, 0.15) is 0 Å². The Hall–Kier alpha value is -0.740. The summed E-state index contributed by atoms with van der Waals surface area (Å²) in [5.74, 6) is 0.612. The van der Waals surface area contributed by atoms with Gasteiger partial charge in [0.2, 0.25) is 0 Å². The fourth-order valence-corrected chi connectivity index (χ4v) is 1.54. The lowest BCUT2D eigenvalue weighted by Crippen LogP contribution is -2.19. The molecule has 0 unspecified atom stereocenters. The zero-order valence-corrected chi connectivity index (χ0v) is 9.02. The lowest BCUT2D eigenvalue weighted by Gasteiger charge is -2.06. The highest BCUT2D eigenvalue weighted by atomic mass is 79.9. The summed E-state index contributed by atoms with van der Waals surface area (Å²) in [4.78, 5) is 0. The van der Waals surface area contributed by atoms with Gasteiger partial charge in [0.25, 0.3) is 0 Å². The smallest absolute Gasteiger partial charge is 0.145 e. The van der Waals surface area contributed by atoms with Gasteiger partial charge in [0.15, 0.2) is 0 Å². The summed E-state index contributed by atoms with van der Waals surface area (Å²) < 4.78 is 5.95. The van der Waals surface area contributed by atoms with Gasteiger partial charge < -0.3 is 10.5 Å². The molecule has 0 spiro atoms.